The minimum Gasteiger partial charge on any atom is -0.457 e. The van der Waals surface area contributed by atoms with Crippen LogP contribution in [-0.2, 0) is 27.9 Å². The van der Waals surface area contributed by atoms with Crippen molar-refractivity contribution in [1.29, 1.82) is 0 Å². The van der Waals surface area contributed by atoms with Gasteiger partial charge in [-0.25, -0.2) is 4.57 Å². The SMILES string of the molecule is CCCCCCC/C=C\C/C=C\C/C=C\CCCCCCCCCCC(=O)OC(COCCCCCCCCCCCC)COP(=O)(O)OCC[N+](C)(C)C. The molecule has 0 radical (unpaired) electrons. The van der Waals surface area contributed by atoms with Crippen LogP contribution in [0.2, 0.25) is 0 Å². The third-order valence-electron chi connectivity index (χ3n) is 9.70. The summed E-state index contributed by atoms with van der Waals surface area (Å²) in [5, 5.41) is 0. The highest BCUT2D eigenvalue weighted by atomic mass is 31.2. The van der Waals surface area contributed by atoms with Crippen molar-refractivity contribution in [3.8, 4) is 0 Å². The van der Waals surface area contributed by atoms with Crippen LogP contribution in [0.15, 0.2) is 36.5 Å². The number of carbonyl (C=O) groups is 1. The maximum atomic E-state index is 12.7. The highest BCUT2D eigenvalue weighted by molar-refractivity contribution is 7.47. The molecule has 0 saturated heterocycles. The Bertz CT molecular complexity index is 978. The zero-order valence-corrected chi connectivity index (χ0v) is 37.6. The number of allylic oxidation sites excluding steroid dienone is 6. The summed E-state index contributed by atoms with van der Waals surface area (Å²) in [7, 11) is 1.66. The first-order chi connectivity index (χ1) is 26.6. The number of phosphoric acid groups is 1. The average Bonchev–Trinajstić information content (AvgIpc) is 3.13. The van der Waals surface area contributed by atoms with Crippen LogP contribution in [0.4, 0.5) is 0 Å². The normalized spacial score (nSPS) is 14.1. The van der Waals surface area contributed by atoms with Gasteiger partial charge >= 0.3 is 13.8 Å². The van der Waals surface area contributed by atoms with Crippen LogP contribution in [0.25, 0.3) is 0 Å². The molecule has 0 heterocycles. The fraction of sp³-hybridized carbons (Fsp3) is 0.848. The maximum absolute atomic E-state index is 12.7. The zero-order chi connectivity index (χ0) is 40.6. The summed E-state index contributed by atoms with van der Waals surface area (Å²) in [6.45, 7) is 5.61. The van der Waals surface area contributed by atoms with Crippen molar-refractivity contribution in [2.24, 2.45) is 0 Å². The number of phosphoric ester groups is 1. The van der Waals surface area contributed by atoms with Crippen LogP contribution in [-0.4, -0.2) is 75.6 Å². The molecule has 0 aromatic carbocycles. The molecule has 0 saturated carbocycles. The fourth-order valence-corrected chi connectivity index (χ4v) is 6.89. The number of likely N-dealkylation sites (N-methyl/N-ethyl adjacent to an activating group) is 1. The zero-order valence-electron chi connectivity index (χ0n) is 36.7. The van der Waals surface area contributed by atoms with E-state index in [0.717, 1.165) is 51.4 Å². The summed E-state index contributed by atoms with van der Waals surface area (Å²) in [5.41, 5.74) is 0. The van der Waals surface area contributed by atoms with Gasteiger partial charge in [-0.1, -0.05) is 172 Å². The Balaban J connectivity index is 4.14. The Morgan fingerprint density at radius 3 is 1.49 bits per heavy atom. The minimum absolute atomic E-state index is 0.0876. The smallest absolute Gasteiger partial charge is 0.457 e. The molecule has 0 aliphatic rings. The van der Waals surface area contributed by atoms with Gasteiger partial charge in [0.2, 0.25) is 0 Å². The molecule has 1 N–H and O–H groups in total. The van der Waals surface area contributed by atoms with E-state index >= 15 is 0 Å². The number of esters is 1. The number of carbonyl (C=O) groups excluding carboxylic acids is 1. The maximum Gasteiger partial charge on any atom is 0.472 e. The number of unbranched alkanes of at least 4 members (excludes halogenated alkanes) is 22. The van der Waals surface area contributed by atoms with Crippen molar-refractivity contribution in [1.82, 2.24) is 0 Å². The summed E-state index contributed by atoms with van der Waals surface area (Å²) in [6.07, 6.45) is 46.0. The molecule has 9 heteroatoms. The quantitative estimate of drug-likeness (QED) is 0.0216. The predicted molar refractivity (Wildman–Crippen MR) is 233 cm³/mol. The highest BCUT2D eigenvalue weighted by Crippen LogP contribution is 2.43. The molecule has 2 atom stereocenters. The summed E-state index contributed by atoms with van der Waals surface area (Å²) in [6, 6.07) is 0. The van der Waals surface area contributed by atoms with Gasteiger partial charge in [-0.3, -0.25) is 13.8 Å². The van der Waals surface area contributed by atoms with Crippen LogP contribution in [0.3, 0.4) is 0 Å². The lowest BCUT2D eigenvalue weighted by Gasteiger charge is -2.24. The standard InChI is InChI=1S/C46H88NO7P/c1-6-8-10-12-14-16-18-19-20-21-22-23-24-25-26-27-28-29-30-31-33-35-37-39-46(48)54-45(44-53-55(49,50)52-42-40-47(3,4)5)43-51-41-38-36-34-32-17-15-13-11-9-7-2/h18-19,21-22,24-25,45H,6-17,20,23,26-44H2,1-5H3/p+1/b19-18-,22-21-,25-24-. The van der Waals surface area contributed by atoms with Crippen molar-refractivity contribution < 1.29 is 37.3 Å². The average molecular weight is 799 g/mol. The van der Waals surface area contributed by atoms with E-state index in [0.29, 0.717) is 24.1 Å². The highest BCUT2D eigenvalue weighted by Gasteiger charge is 2.26. The number of hydrogen-bond acceptors (Lipinski definition) is 6. The molecular weight excluding hydrogens is 709 g/mol. The van der Waals surface area contributed by atoms with Gasteiger partial charge in [0.25, 0.3) is 0 Å². The van der Waals surface area contributed by atoms with Crippen molar-refractivity contribution in [2.75, 3.05) is 54.1 Å². The van der Waals surface area contributed by atoms with Gasteiger partial charge in [0.05, 0.1) is 34.4 Å². The molecule has 0 aromatic rings. The van der Waals surface area contributed by atoms with Crippen molar-refractivity contribution in [2.45, 2.75) is 200 Å². The van der Waals surface area contributed by atoms with Crippen LogP contribution in [0.1, 0.15) is 194 Å². The van der Waals surface area contributed by atoms with Crippen LogP contribution in [0, 0.1) is 0 Å². The molecule has 0 aliphatic carbocycles. The lowest BCUT2D eigenvalue weighted by molar-refractivity contribution is -0.870. The molecule has 0 fully saturated rings. The molecule has 0 spiro atoms. The van der Waals surface area contributed by atoms with Crippen molar-refractivity contribution in [3.63, 3.8) is 0 Å². The third kappa shape index (κ3) is 43.7. The lowest BCUT2D eigenvalue weighted by Crippen LogP contribution is -2.37. The van der Waals surface area contributed by atoms with E-state index < -0.39 is 13.9 Å². The first kappa shape index (κ1) is 53.7. The summed E-state index contributed by atoms with van der Waals surface area (Å²) >= 11 is 0. The van der Waals surface area contributed by atoms with Gasteiger partial charge in [0, 0.05) is 13.0 Å². The second-order valence-corrected chi connectivity index (χ2v) is 17.9. The second kappa shape index (κ2) is 39.5. The topological polar surface area (TPSA) is 91.3 Å². The molecule has 0 aliphatic heterocycles. The molecular formula is C46H89NO7P+. The summed E-state index contributed by atoms with van der Waals surface area (Å²) in [4.78, 5) is 22.9. The van der Waals surface area contributed by atoms with Crippen LogP contribution >= 0.6 is 7.82 Å². The molecule has 0 rings (SSSR count). The molecule has 0 amide bonds. The minimum atomic E-state index is -4.27. The van der Waals surface area contributed by atoms with Gasteiger partial charge in [-0.05, 0) is 51.4 Å². The Morgan fingerprint density at radius 2 is 1.00 bits per heavy atom. The number of rotatable bonds is 42. The number of hydrogen-bond donors (Lipinski definition) is 1. The Hall–Kier alpha value is -1.28. The van der Waals surface area contributed by atoms with Crippen molar-refractivity contribution in [3.05, 3.63) is 36.5 Å². The van der Waals surface area contributed by atoms with E-state index in [1.165, 1.54) is 122 Å². The fourth-order valence-electron chi connectivity index (χ4n) is 6.15. The van der Waals surface area contributed by atoms with E-state index in [1.54, 1.807) is 0 Å². The predicted octanol–water partition coefficient (Wildman–Crippen LogP) is 13.4. The van der Waals surface area contributed by atoms with Crippen LogP contribution < -0.4 is 0 Å². The number of ether oxygens (including phenoxy) is 2. The Morgan fingerprint density at radius 1 is 0.564 bits per heavy atom. The summed E-state index contributed by atoms with van der Waals surface area (Å²) < 4.78 is 34.9. The molecule has 0 bridgehead atoms. The molecule has 0 aromatic heterocycles. The molecule has 324 valence electrons. The van der Waals surface area contributed by atoms with Gasteiger partial charge in [-0.15, -0.1) is 0 Å². The summed E-state index contributed by atoms with van der Waals surface area (Å²) in [5.74, 6) is -0.321. The van der Waals surface area contributed by atoms with Gasteiger partial charge in [0.1, 0.15) is 19.3 Å². The molecule has 55 heavy (non-hydrogen) atoms. The van der Waals surface area contributed by atoms with Gasteiger partial charge < -0.3 is 18.9 Å². The van der Waals surface area contributed by atoms with E-state index in [-0.39, 0.29) is 25.8 Å². The van der Waals surface area contributed by atoms with E-state index in [1.807, 2.05) is 21.1 Å². The van der Waals surface area contributed by atoms with E-state index in [9.17, 15) is 14.3 Å². The van der Waals surface area contributed by atoms with Gasteiger partial charge in [0.15, 0.2) is 0 Å². The number of quaternary nitrogens is 1. The van der Waals surface area contributed by atoms with E-state index in [2.05, 4.69) is 50.3 Å². The van der Waals surface area contributed by atoms with Crippen LogP contribution in [0.5, 0.6) is 0 Å². The Labute approximate surface area is 340 Å². The monoisotopic (exact) mass is 799 g/mol. The molecule has 8 nitrogen and oxygen atoms in total. The third-order valence-corrected chi connectivity index (χ3v) is 10.7. The lowest BCUT2D eigenvalue weighted by atomic mass is 10.1. The van der Waals surface area contributed by atoms with Crippen molar-refractivity contribution >= 4 is 13.8 Å². The second-order valence-electron chi connectivity index (χ2n) is 16.4. The van der Waals surface area contributed by atoms with Gasteiger partial charge in [-0.2, -0.15) is 0 Å². The number of nitrogens with zero attached hydrogens (tertiary/aromatic N) is 1. The largest absolute Gasteiger partial charge is 0.472 e. The Kier molecular flexibility index (Phi) is 38.6. The van der Waals surface area contributed by atoms with E-state index in [4.69, 9.17) is 18.5 Å². The first-order valence-electron chi connectivity index (χ1n) is 22.7. The molecule has 2 unspecified atom stereocenters. The first-order valence-corrected chi connectivity index (χ1v) is 24.2.